The Labute approximate surface area is 176 Å². The third-order valence-corrected chi connectivity index (χ3v) is 6.13. The molecule has 2 amide bonds. The lowest BCUT2D eigenvalue weighted by Crippen LogP contribution is -2.38. The number of aryl methyl sites for hydroxylation is 1. The van der Waals surface area contributed by atoms with Crippen LogP contribution < -0.4 is 4.90 Å². The lowest BCUT2D eigenvalue weighted by atomic mass is 10.0. The first-order chi connectivity index (χ1) is 14.5. The summed E-state index contributed by atoms with van der Waals surface area (Å²) in [5.41, 5.74) is 2.47. The maximum Gasteiger partial charge on any atom is 0.228 e. The monoisotopic (exact) mass is 410 g/mol. The molecular weight excluding hydrogens is 383 g/mol. The zero-order valence-electron chi connectivity index (χ0n) is 17.5. The predicted molar refractivity (Wildman–Crippen MR) is 112 cm³/mol. The van der Waals surface area contributed by atoms with Crippen LogP contribution in [0.1, 0.15) is 54.7 Å². The Morgan fingerprint density at radius 3 is 2.80 bits per heavy atom. The van der Waals surface area contributed by atoms with E-state index in [0.717, 1.165) is 17.7 Å². The van der Waals surface area contributed by atoms with Crippen molar-refractivity contribution in [2.45, 2.75) is 51.9 Å². The number of likely N-dealkylation sites (tertiary alicyclic amines) is 1. The van der Waals surface area contributed by atoms with Crippen LogP contribution in [0.15, 0.2) is 24.3 Å². The van der Waals surface area contributed by atoms with Gasteiger partial charge < -0.3 is 4.90 Å². The van der Waals surface area contributed by atoms with Crippen molar-refractivity contribution in [1.29, 1.82) is 0 Å². The van der Waals surface area contributed by atoms with Crippen LogP contribution in [0, 0.1) is 12.7 Å². The molecule has 7 heteroatoms. The second kappa shape index (κ2) is 8.50. The molecule has 1 aromatic carbocycles. The maximum absolute atomic E-state index is 14.0. The highest BCUT2D eigenvalue weighted by Gasteiger charge is 2.32. The molecule has 0 aliphatic carbocycles. The molecule has 2 aliphatic rings. The highest BCUT2D eigenvalue weighted by molar-refractivity contribution is 5.95. The standard InChI is InChI=1S/C23H27FN4O2/c1-3-20(29)27-12-10-17(14-27)22-25-15(2)18-8-9-21(30)28(23(18)26-22)13-11-16-6-4-5-7-19(16)24/h4-7,17H,3,8-14H2,1-2H3. The van der Waals surface area contributed by atoms with Crippen molar-refractivity contribution in [3.05, 3.63) is 52.7 Å². The first kappa shape index (κ1) is 20.4. The molecule has 0 spiro atoms. The van der Waals surface area contributed by atoms with Crippen LogP contribution in [0.3, 0.4) is 0 Å². The summed E-state index contributed by atoms with van der Waals surface area (Å²) in [5, 5.41) is 0. The average Bonchev–Trinajstić information content (AvgIpc) is 3.24. The van der Waals surface area contributed by atoms with E-state index in [4.69, 9.17) is 9.97 Å². The summed E-state index contributed by atoms with van der Waals surface area (Å²) >= 11 is 0. The van der Waals surface area contributed by atoms with Gasteiger partial charge >= 0.3 is 0 Å². The zero-order chi connectivity index (χ0) is 21.3. The van der Waals surface area contributed by atoms with Crippen molar-refractivity contribution < 1.29 is 14.0 Å². The molecule has 30 heavy (non-hydrogen) atoms. The van der Waals surface area contributed by atoms with Gasteiger partial charge in [-0.1, -0.05) is 25.1 Å². The third kappa shape index (κ3) is 3.93. The summed E-state index contributed by atoms with van der Waals surface area (Å²) in [6, 6.07) is 6.66. The number of hydrogen-bond acceptors (Lipinski definition) is 4. The van der Waals surface area contributed by atoms with Gasteiger partial charge in [0.2, 0.25) is 11.8 Å². The molecule has 6 nitrogen and oxygen atoms in total. The van der Waals surface area contributed by atoms with Gasteiger partial charge in [0.1, 0.15) is 17.5 Å². The highest BCUT2D eigenvalue weighted by Crippen LogP contribution is 2.32. The van der Waals surface area contributed by atoms with Crippen LogP contribution in [0.25, 0.3) is 0 Å². The number of halogens is 1. The Balaban J connectivity index is 1.59. The molecule has 2 aliphatic heterocycles. The molecule has 0 radical (unpaired) electrons. The van der Waals surface area contributed by atoms with E-state index >= 15 is 0 Å². The van der Waals surface area contributed by atoms with Crippen molar-refractivity contribution in [3.8, 4) is 0 Å². The summed E-state index contributed by atoms with van der Waals surface area (Å²) in [7, 11) is 0. The number of carbonyl (C=O) groups excluding carboxylic acids is 2. The fraction of sp³-hybridized carbons (Fsp3) is 0.478. The smallest absolute Gasteiger partial charge is 0.228 e. The molecular formula is C23H27FN4O2. The van der Waals surface area contributed by atoms with Crippen molar-refractivity contribution in [3.63, 3.8) is 0 Å². The second-order valence-electron chi connectivity index (χ2n) is 8.04. The van der Waals surface area contributed by atoms with E-state index in [1.54, 1.807) is 23.1 Å². The maximum atomic E-state index is 14.0. The van der Waals surface area contributed by atoms with Gasteiger partial charge in [-0.2, -0.15) is 0 Å². The first-order valence-corrected chi connectivity index (χ1v) is 10.7. The van der Waals surface area contributed by atoms with E-state index in [1.807, 2.05) is 18.7 Å². The third-order valence-electron chi connectivity index (χ3n) is 6.13. The minimum atomic E-state index is -0.256. The fourth-order valence-electron chi connectivity index (χ4n) is 4.37. The number of amides is 2. The molecule has 0 saturated carbocycles. The zero-order valence-corrected chi connectivity index (χ0v) is 17.5. The minimum Gasteiger partial charge on any atom is -0.342 e. The number of anilines is 1. The van der Waals surface area contributed by atoms with E-state index in [9.17, 15) is 14.0 Å². The van der Waals surface area contributed by atoms with Crippen LogP contribution in [-0.4, -0.2) is 46.3 Å². The predicted octanol–water partition coefficient (Wildman–Crippen LogP) is 3.17. The molecule has 0 bridgehead atoms. The quantitative estimate of drug-likeness (QED) is 0.759. The topological polar surface area (TPSA) is 66.4 Å². The largest absolute Gasteiger partial charge is 0.342 e. The minimum absolute atomic E-state index is 0.0112. The molecule has 3 heterocycles. The molecule has 1 aromatic heterocycles. The molecule has 158 valence electrons. The average molecular weight is 410 g/mol. The summed E-state index contributed by atoms with van der Waals surface area (Å²) in [6.45, 7) is 5.54. The van der Waals surface area contributed by atoms with Gasteiger partial charge in [0, 0.05) is 49.7 Å². The Morgan fingerprint density at radius 1 is 1.23 bits per heavy atom. The number of hydrogen-bond donors (Lipinski definition) is 0. The molecule has 0 N–H and O–H groups in total. The summed E-state index contributed by atoms with van der Waals surface area (Å²) in [5.74, 6) is 1.34. The van der Waals surface area contributed by atoms with E-state index in [2.05, 4.69) is 0 Å². The number of nitrogens with zero attached hydrogens (tertiary/aromatic N) is 4. The van der Waals surface area contributed by atoms with E-state index in [-0.39, 0.29) is 23.5 Å². The summed E-state index contributed by atoms with van der Waals surface area (Å²) in [6.07, 6.45) is 2.79. The summed E-state index contributed by atoms with van der Waals surface area (Å²) in [4.78, 5) is 37.8. The van der Waals surface area contributed by atoms with Crippen molar-refractivity contribution in [2.75, 3.05) is 24.5 Å². The van der Waals surface area contributed by atoms with Crippen molar-refractivity contribution >= 4 is 17.6 Å². The highest BCUT2D eigenvalue weighted by atomic mass is 19.1. The van der Waals surface area contributed by atoms with Crippen molar-refractivity contribution in [1.82, 2.24) is 14.9 Å². The first-order valence-electron chi connectivity index (χ1n) is 10.7. The Bertz CT molecular complexity index is 978. The van der Waals surface area contributed by atoms with Crippen LogP contribution in [-0.2, 0) is 22.4 Å². The molecule has 1 atom stereocenters. The molecule has 1 fully saturated rings. The van der Waals surface area contributed by atoms with Gasteiger partial charge in [0.25, 0.3) is 0 Å². The van der Waals surface area contributed by atoms with Crippen LogP contribution >= 0.6 is 0 Å². The molecule has 1 saturated heterocycles. The Morgan fingerprint density at radius 2 is 2.03 bits per heavy atom. The van der Waals surface area contributed by atoms with Gasteiger partial charge in [0.05, 0.1) is 0 Å². The molecule has 1 unspecified atom stereocenters. The molecule has 4 rings (SSSR count). The van der Waals surface area contributed by atoms with Crippen LogP contribution in [0.2, 0.25) is 0 Å². The number of aromatic nitrogens is 2. The van der Waals surface area contributed by atoms with Crippen LogP contribution in [0.5, 0.6) is 0 Å². The lowest BCUT2D eigenvalue weighted by molar-refractivity contribution is -0.129. The fourth-order valence-corrected chi connectivity index (χ4v) is 4.37. The number of benzene rings is 1. The Hall–Kier alpha value is -2.83. The van der Waals surface area contributed by atoms with E-state index in [0.29, 0.717) is 62.5 Å². The van der Waals surface area contributed by atoms with Crippen molar-refractivity contribution in [2.24, 2.45) is 0 Å². The molecule has 2 aromatic rings. The number of carbonyl (C=O) groups is 2. The van der Waals surface area contributed by atoms with E-state index in [1.165, 1.54) is 6.07 Å². The summed E-state index contributed by atoms with van der Waals surface area (Å²) < 4.78 is 14.0. The van der Waals surface area contributed by atoms with Gasteiger partial charge in [-0.05, 0) is 37.8 Å². The lowest BCUT2D eigenvalue weighted by Gasteiger charge is -2.30. The van der Waals surface area contributed by atoms with Gasteiger partial charge in [0.15, 0.2) is 0 Å². The van der Waals surface area contributed by atoms with E-state index < -0.39 is 0 Å². The number of fused-ring (bicyclic) bond motifs is 1. The van der Waals surface area contributed by atoms with Gasteiger partial charge in [-0.3, -0.25) is 14.5 Å². The second-order valence-corrected chi connectivity index (χ2v) is 8.04. The SMILES string of the molecule is CCC(=O)N1CCC(c2nc(C)c3c(n2)N(CCc2ccccc2F)C(=O)CC3)C1. The van der Waals surface area contributed by atoms with Crippen LogP contribution in [0.4, 0.5) is 10.2 Å². The Kier molecular flexibility index (Phi) is 5.79. The normalized spacial score (nSPS) is 18.6. The van der Waals surface area contributed by atoms with Gasteiger partial charge in [-0.25, -0.2) is 14.4 Å². The van der Waals surface area contributed by atoms with Gasteiger partial charge in [-0.15, -0.1) is 0 Å². The number of rotatable bonds is 5.